The van der Waals surface area contributed by atoms with Crippen LogP contribution in [0.3, 0.4) is 0 Å². The molecule has 0 bridgehead atoms. The van der Waals surface area contributed by atoms with Crippen LogP contribution in [0.4, 0.5) is 0 Å². The Morgan fingerprint density at radius 3 is 2.92 bits per heavy atom. The van der Waals surface area contributed by atoms with Crippen LogP contribution in [0.25, 0.3) is 11.0 Å². The number of nitrogens with one attached hydrogen (secondary N) is 1. The Hall–Kier alpha value is -2.94. The quantitative estimate of drug-likeness (QED) is 0.714. The predicted octanol–water partition coefficient (Wildman–Crippen LogP) is 0.482. The molecule has 2 aromatic heterocycles. The zero-order valence-electron chi connectivity index (χ0n) is 13.7. The summed E-state index contributed by atoms with van der Waals surface area (Å²) in [6, 6.07) is 7.33. The van der Waals surface area contributed by atoms with Crippen LogP contribution < -0.4 is 21.3 Å². The Kier molecular flexibility index (Phi) is 4.66. The summed E-state index contributed by atoms with van der Waals surface area (Å²) in [5.74, 6) is 0.364. The van der Waals surface area contributed by atoms with Gasteiger partial charge in [-0.05, 0) is 29.2 Å². The van der Waals surface area contributed by atoms with Crippen LogP contribution in [0.2, 0.25) is 0 Å². The Balaban J connectivity index is 1.79. The predicted molar refractivity (Wildman–Crippen MR) is 94.0 cm³/mol. The molecule has 0 fully saturated rings. The first-order valence-electron chi connectivity index (χ1n) is 7.45. The van der Waals surface area contributed by atoms with Crippen molar-refractivity contribution in [1.82, 2.24) is 18.8 Å². The number of fused-ring (bicyclic) bond motifs is 1. The molecule has 0 unspecified atom stereocenters. The second-order valence-corrected chi connectivity index (χ2v) is 6.04. The van der Waals surface area contributed by atoms with E-state index in [1.807, 2.05) is 24.3 Å². The van der Waals surface area contributed by atoms with E-state index in [-0.39, 0.29) is 18.0 Å². The molecule has 3 aromatic rings. The molecule has 3 rings (SSSR count). The Labute approximate surface area is 146 Å². The molecule has 0 atom stereocenters. The highest BCUT2D eigenvalue weighted by molar-refractivity contribution is 7.04. The number of methoxy groups -OCH3 is 1. The van der Waals surface area contributed by atoms with Gasteiger partial charge in [-0.2, -0.15) is 4.37 Å². The summed E-state index contributed by atoms with van der Waals surface area (Å²) < 4.78 is 11.4. The van der Waals surface area contributed by atoms with Crippen LogP contribution >= 0.6 is 11.5 Å². The minimum Gasteiger partial charge on any atom is -0.497 e. The van der Waals surface area contributed by atoms with Crippen molar-refractivity contribution in [3.8, 4) is 5.75 Å². The number of rotatable bonds is 5. The van der Waals surface area contributed by atoms with Crippen molar-refractivity contribution < 1.29 is 9.53 Å². The fourth-order valence-electron chi connectivity index (χ4n) is 2.44. The van der Waals surface area contributed by atoms with Crippen molar-refractivity contribution in [2.24, 2.45) is 7.05 Å². The van der Waals surface area contributed by atoms with Crippen LogP contribution in [-0.2, 0) is 24.9 Å². The first kappa shape index (κ1) is 16.9. The van der Waals surface area contributed by atoms with E-state index in [4.69, 9.17) is 4.74 Å². The number of hydrogen-bond acceptors (Lipinski definition) is 6. The van der Waals surface area contributed by atoms with Gasteiger partial charge in [0.2, 0.25) is 5.91 Å². The van der Waals surface area contributed by atoms with E-state index < -0.39 is 11.2 Å². The van der Waals surface area contributed by atoms with Crippen molar-refractivity contribution in [2.75, 3.05) is 7.11 Å². The maximum absolute atomic E-state index is 12.3. The minimum absolute atomic E-state index is 0.188. The third-order valence-electron chi connectivity index (χ3n) is 3.79. The molecular weight excluding hydrogens is 344 g/mol. The van der Waals surface area contributed by atoms with Crippen LogP contribution in [0.15, 0.2) is 39.2 Å². The Morgan fingerprint density at radius 2 is 2.16 bits per heavy atom. The molecule has 2 heterocycles. The smallest absolute Gasteiger partial charge is 0.331 e. The lowest BCUT2D eigenvalue weighted by Crippen LogP contribution is -2.41. The van der Waals surface area contributed by atoms with Crippen LogP contribution in [-0.4, -0.2) is 26.5 Å². The highest BCUT2D eigenvalue weighted by Crippen LogP contribution is 2.12. The number of amides is 1. The molecule has 0 saturated carbocycles. The van der Waals surface area contributed by atoms with Gasteiger partial charge in [0.1, 0.15) is 12.3 Å². The molecule has 1 amide bonds. The molecule has 9 heteroatoms. The number of ether oxygens (including phenoxy) is 1. The zero-order chi connectivity index (χ0) is 18.0. The molecule has 1 N–H and O–H groups in total. The second-order valence-electron chi connectivity index (χ2n) is 5.41. The first-order chi connectivity index (χ1) is 12.0. The number of benzene rings is 1. The summed E-state index contributed by atoms with van der Waals surface area (Å²) in [6.45, 7) is 0.118. The minimum atomic E-state index is -0.547. The summed E-state index contributed by atoms with van der Waals surface area (Å²) in [5, 5.41) is 4.35. The third-order valence-corrected chi connectivity index (χ3v) is 4.41. The van der Waals surface area contributed by atoms with Gasteiger partial charge in [-0.3, -0.25) is 18.7 Å². The van der Waals surface area contributed by atoms with Crippen LogP contribution in [0.5, 0.6) is 5.75 Å². The molecular formula is C16H16N4O4S. The van der Waals surface area contributed by atoms with Crippen molar-refractivity contribution >= 4 is 28.5 Å². The molecule has 25 heavy (non-hydrogen) atoms. The van der Waals surface area contributed by atoms with Gasteiger partial charge in [-0.15, -0.1) is 0 Å². The van der Waals surface area contributed by atoms with Crippen molar-refractivity contribution in [3.05, 3.63) is 56.0 Å². The van der Waals surface area contributed by atoms with Gasteiger partial charge in [0.15, 0.2) is 5.52 Å². The molecule has 0 spiro atoms. The normalized spacial score (nSPS) is 10.8. The number of hydrogen-bond donors (Lipinski definition) is 1. The maximum Gasteiger partial charge on any atom is 0.331 e. The monoisotopic (exact) mass is 360 g/mol. The summed E-state index contributed by atoms with van der Waals surface area (Å²) in [6.07, 6.45) is 0. The topological polar surface area (TPSA) is 95.2 Å². The molecule has 130 valence electrons. The summed E-state index contributed by atoms with van der Waals surface area (Å²) in [7, 11) is 2.94. The number of carbonyl (C=O) groups excluding carboxylic acids is 1. The van der Waals surface area contributed by atoms with Gasteiger partial charge in [-0.25, -0.2) is 4.79 Å². The lowest BCUT2D eigenvalue weighted by atomic mass is 10.2. The lowest BCUT2D eigenvalue weighted by Gasteiger charge is -2.10. The largest absolute Gasteiger partial charge is 0.497 e. The van der Waals surface area contributed by atoms with E-state index in [0.717, 1.165) is 21.7 Å². The maximum atomic E-state index is 12.3. The van der Waals surface area contributed by atoms with Crippen molar-refractivity contribution in [1.29, 1.82) is 0 Å². The molecule has 1 aromatic carbocycles. The van der Waals surface area contributed by atoms with Gasteiger partial charge in [-0.1, -0.05) is 12.1 Å². The van der Waals surface area contributed by atoms with E-state index in [2.05, 4.69) is 9.69 Å². The fraction of sp³-hybridized carbons (Fsp3) is 0.250. The fourth-order valence-corrected chi connectivity index (χ4v) is 3.11. The molecule has 0 aliphatic rings. The van der Waals surface area contributed by atoms with Crippen molar-refractivity contribution in [2.45, 2.75) is 13.1 Å². The Bertz CT molecular complexity index is 1050. The Morgan fingerprint density at radius 1 is 1.36 bits per heavy atom. The lowest BCUT2D eigenvalue weighted by molar-refractivity contribution is -0.121. The first-order valence-corrected chi connectivity index (χ1v) is 8.28. The van der Waals surface area contributed by atoms with Gasteiger partial charge in [0, 0.05) is 19.0 Å². The molecule has 0 saturated heterocycles. The van der Waals surface area contributed by atoms with E-state index >= 15 is 0 Å². The standard InChI is InChI=1S/C16H16N4O4S/c1-19-15(22)14-12(9-25-18-14)20(16(19)23)8-13(21)17-7-10-4-3-5-11(6-10)24-2/h3-6,9H,7-8H2,1-2H3,(H,17,21). The number of nitrogens with zero attached hydrogens (tertiary/aromatic N) is 3. The third kappa shape index (κ3) is 3.31. The SMILES string of the molecule is COc1cccc(CNC(=O)Cn2c(=O)n(C)c(=O)c3nscc32)c1. The summed E-state index contributed by atoms with van der Waals surface area (Å²) in [4.78, 5) is 36.5. The second kappa shape index (κ2) is 6.89. The van der Waals surface area contributed by atoms with Gasteiger partial charge in [0.05, 0.1) is 12.6 Å². The molecule has 0 aliphatic heterocycles. The van der Waals surface area contributed by atoms with E-state index in [0.29, 0.717) is 17.8 Å². The average molecular weight is 360 g/mol. The molecule has 0 radical (unpaired) electrons. The van der Waals surface area contributed by atoms with Crippen molar-refractivity contribution in [3.63, 3.8) is 0 Å². The average Bonchev–Trinajstić information content (AvgIpc) is 3.11. The molecule has 8 nitrogen and oxygen atoms in total. The number of aromatic nitrogens is 3. The van der Waals surface area contributed by atoms with Gasteiger partial charge in [0.25, 0.3) is 5.56 Å². The van der Waals surface area contributed by atoms with E-state index in [1.165, 1.54) is 11.6 Å². The summed E-state index contributed by atoms with van der Waals surface area (Å²) in [5.41, 5.74) is 0.425. The van der Waals surface area contributed by atoms with Gasteiger partial charge >= 0.3 is 5.69 Å². The highest BCUT2D eigenvalue weighted by Gasteiger charge is 2.15. The van der Waals surface area contributed by atoms with E-state index in [1.54, 1.807) is 12.5 Å². The number of carbonyl (C=O) groups is 1. The van der Waals surface area contributed by atoms with Crippen LogP contribution in [0, 0.1) is 0 Å². The summed E-state index contributed by atoms with van der Waals surface area (Å²) >= 11 is 1.07. The van der Waals surface area contributed by atoms with Crippen LogP contribution in [0.1, 0.15) is 5.56 Å². The van der Waals surface area contributed by atoms with Gasteiger partial charge < -0.3 is 10.1 Å². The zero-order valence-corrected chi connectivity index (χ0v) is 14.5. The molecule has 0 aliphatic carbocycles. The van der Waals surface area contributed by atoms with E-state index in [9.17, 15) is 14.4 Å². The highest BCUT2D eigenvalue weighted by atomic mass is 32.1.